The molecule has 0 saturated heterocycles. The van der Waals surface area contributed by atoms with E-state index < -0.39 is 14.0 Å². The van der Waals surface area contributed by atoms with Crippen LogP contribution in [0.25, 0.3) is 0 Å². The minimum absolute atomic E-state index is 0. The largest absolute Gasteiger partial charge is 3.00 e. The van der Waals surface area contributed by atoms with Gasteiger partial charge < -0.3 is 24.4 Å². The van der Waals surface area contributed by atoms with Crippen LogP contribution in [0.1, 0.15) is 0 Å². The molecule has 0 aromatic carbocycles. The first-order valence-electron chi connectivity index (χ1n) is 1.54. The molecule has 0 aromatic heterocycles. The summed E-state index contributed by atoms with van der Waals surface area (Å²) in [7, 11) is -5.39. The zero-order valence-electron chi connectivity index (χ0n) is 4.87. The quantitative estimate of drug-likeness (QED) is 0.279. The zero-order chi connectivity index (χ0) is 8.78. The molecule has 0 aliphatic heterocycles. The SMILES string of the molecule is O=C(O)OO.O=P([O-])([O-])[O-].[La+3]. The van der Waals surface area contributed by atoms with Crippen molar-refractivity contribution in [3.05, 3.63) is 0 Å². The van der Waals surface area contributed by atoms with E-state index in [9.17, 15) is 0 Å². The first kappa shape index (κ1) is 17.6. The second-order valence-corrected chi connectivity index (χ2v) is 1.70. The van der Waals surface area contributed by atoms with Gasteiger partial charge in [0.25, 0.3) is 0 Å². The minimum Gasteiger partial charge on any atom is -0.822 e. The molecule has 11 heavy (non-hydrogen) atoms. The van der Waals surface area contributed by atoms with Gasteiger partial charge in [0.15, 0.2) is 0 Å². The van der Waals surface area contributed by atoms with Crippen LogP contribution in [0.5, 0.6) is 0 Å². The molecule has 0 spiro atoms. The molecule has 0 heterocycles. The van der Waals surface area contributed by atoms with E-state index in [1.165, 1.54) is 0 Å². The molecule has 2 N–H and O–H groups in total. The predicted octanol–water partition coefficient (Wildman–Crippen LogP) is -2.67. The van der Waals surface area contributed by atoms with Crippen LogP contribution in [-0.4, -0.2) is 16.5 Å². The Bertz CT molecular complexity index is 129. The van der Waals surface area contributed by atoms with Crippen LogP contribution in [0.2, 0.25) is 0 Å². The second-order valence-electron chi connectivity index (χ2n) is 0.804. The summed E-state index contributed by atoms with van der Waals surface area (Å²) in [4.78, 5) is 37.2. The molecular weight excluding hydrogens is 310 g/mol. The Morgan fingerprint density at radius 2 is 1.45 bits per heavy atom. The van der Waals surface area contributed by atoms with Crippen LogP contribution in [0, 0.1) is 35.6 Å². The second kappa shape index (κ2) is 8.63. The topological polar surface area (TPSA) is 153 Å². The fourth-order valence-electron chi connectivity index (χ4n) is 0. The van der Waals surface area contributed by atoms with Crippen molar-refractivity contribution in [2.75, 3.05) is 0 Å². The molecule has 0 unspecified atom stereocenters. The summed E-state index contributed by atoms with van der Waals surface area (Å²) in [6.07, 6.45) is -1.69. The minimum atomic E-state index is -5.39. The maximum Gasteiger partial charge on any atom is 3.00 e. The Morgan fingerprint density at radius 1 is 1.36 bits per heavy atom. The maximum absolute atomic E-state index is 8.90. The van der Waals surface area contributed by atoms with Crippen molar-refractivity contribution in [3.63, 3.8) is 0 Å². The Hall–Kier alpha value is 0.535. The van der Waals surface area contributed by atoms with Crippen molar-refractivity contribution in [2.45, 2.75) is 0 Å². The standard InChI is InChI=1S/CH2O4.La.H3O4P/c2-1(3)5-4;;1-5(2,3)4/h4H,(H,2,3);;(H3,1,2,3,4)/q;+3;/p-3. The van der Waals surface area contributed by atoms with Crippen LogP contribution in [0.4, 0.5) is 4.79 Å². The molecule has 0 radical (unpaired) electrons. The number of phosphoric acid groups is 1. The van der Waals surface area contributed by atoms with Crippen LogP contribution in [0.15, 0.2) is 0 Å². The van der Waals surface area contributed by atoms with Gasteiger partial charge in [0, 0.05) is 0 Å². The molecule has 10 heteroatoms. The number of hydrogen-bond acceptors (Lipinski definition) is 7. The van der Waals surface area contributed by atoms with Gasteiger partial charge in [-0.3, -0.25) is 4.89 Å². The summed E-state index contributed by atoms with van der Waals surface area (Å²) in [5.41, 5.74) is 0. The monoisotopic (exact) mass is 312 g/mol. The van der Waals surface area contributed by atoms with E-state index in [4.69, 9.17) is 34.4 Å². The fourth-order valence-corrected chi connectivity index (χ4v) is 0. The third kappa shape index (κ3) is 119. The summed E-state index contributed by atoms with van der Waals surface area (Å²) < 4.78 is 8.55. The van der Waals surface area contributed by atoms with Gasteiger partial charge in [-0.15, -0.1) is 0 Å². The van der Waals surface area contributed by atoms with Gasteiger partial charge in [-0.05, 0) is 0 Å². The molecular formula is CH2LaO8P. The molecule has 0 aliphatic carbocycles. The Labute approximate surface area is 88.6 Å². The normalized spacial score (nSPS) is 8.36. The van der Waals surface area contributed by atoms with Crippen molar-refractivity contribution < 1.29 is 74.9 Å². The third-order valence-corrected chi connectivity index (χ3v) is 0.0781. The van der Waals surface area contributed by atoms with Crippen LogP contribution in [-0.2, 0) is 9.45 Å². The van der Waals surface area contributed by atoms with E-state index in [0.29, 0.717) is 0 Å². The Morgan fingerprint density at radius 3 is 1.45 bits per heavy atom. The summed E-state index contributed by atoms with van der Waals surface area (Å²) >= 11 is 0. The van der Waals surface area contributed by atoms with Crippen LogP contribution in [0.3, 0.4) is 0 Å². The van der Waals surface area contributed by atoms with Crippen LogP contribution >= 0.6 is 7.82 Å². The van der Waals surface area contributed by atoms with Crippen molar-refractivity contribution >= 4 is 14.0 Å². The fraction of sp³-hybridized carbons (Fsp3) is 0. The van der Waals surface area contributed by atoms with E-state index in [0.717, 1.165) is 0 Å². The number of carbonyl (C=O) groups is 1. The number of rotatable bonds is 0. The molecule has 0 saturated carbocycles. The Kier molecular flexibility index (Phi) is 13.8. The molecule has 62 valence electrons. The smallest absolute Gasteiger partial charge is 0.822 e. The molecule has 0 fully saturated rings. The van der Waals surface area contributed by atoms with Crippen molar-refractivity contribution in [3.8, 4) is 0 Å². The van der Waals surface area contributed by atoms with Crippen molar-refractivity contribution in [2.24, 2.45) is 0 Å². The third-order valence-electron chi connectivity index (χ3n) is 0.0781. The summed E-state index contributed by atoms with van der Waals surface area (Å²) in [5.74, 6) is 0. The summed E-state index contributed by atoms with van der Waals surface area (Å²) in [6, 6.07) is 0. The van der Waals surface area contributed by atoms with Crippen LogP contribution < -0.4 is 14.7 Å². The molecule has 0 aliphatic rings. The summed E-state index contributed by atoms with van der Waals surface area (Å²) in [6.45, 7) is 0. The van der Waals surface area contributed by atoms with Gasteiger partial charge in [-0.1, -0.05) is 0 Å². The average molecular weight is 312 g/mol. The Balaban J connectivity index is -0.000000107. The number of hydrogen-bond donors (Lipinski definition) is 2. The molecule has 0 atom stereocenters. The van der Waals surface area contributed by atoms with Gasteiger partial charge >= 0.3 is 41.8 Å². The molecule has 0 bridgehead atoms. The van der Waals surface area contributed by atoms with Gasteiger partial charge in [0.05, 0.1) is 0 Å². The first-order chi connectivity index (χ1) is 4.27. The predicted molar refractivity (Wildman–Crippen MR) is 19.3 cm³/mol. The number of carboxylic acid groups (broad SMARTS) is 1. The molecule has 8 nitrogen and oxygen atoms in total. The van der Waals surface area contributed by atoms with E-state index in [2.05, 4.69) is 4.89 Å². The average Bonchev–Trinajstić information content (AvgIpc) is 1.61. The van der Waals surface area contributed by atoms with Gasteiger partial charge in [0.1, 0.15) is 0 Å². The van der Waals surface area contributed by atoms with Crippen molar-refractivity contribution in [1.82, 2.24) is 0 Å². The van der Waals surface area contributed by atoms with E-state index in [1.807, 2.05) is 0 Å². The van der Waals surface area contributed by atoms with Crippen molar-refractivity contribution in [1.29, 1.82) is 0 Å². The van der Waals surface area contributed by atoms with Gasteiger partial charge in [-0.2, -0.15) is 13.1 Å². The van der Waals surface area contributed by atoms with E-state index in [1.54, 1.807) is 0 Å². The first-order valence-corrected chi connectivity index (χ1v) is 3.01. The van der Waals surface area contributed by atoms with E-state index in [-0.39, 0.29) is 35.6 Å². The summed E-state index contributed by atoms with van der Waals surface area (Å²) in [5, 5.41) is 14.3. The van der Waals surface area contributed by atoms with Gasteiger partial charge in [-0.25, -0.2) is 4.79 Å². The van der Waals surface area contributed by atoms with Gasteiger partial charge in [0.2, 0.25) is 0 Å². The molecule has 0 rings (SSSR count). The van der Waals surface area contributed by atoms with E-state index >= 15 is 0 Å². The molecule has 0 aromatic rings. The maximum atomic E-state index is 8.90. The molecule has 0 amide bonds. The zero-order valence-corrected chi connectivity index (χ0v) is 9.39.